The van der Waals surface area contributed by atoms with E-state index in [0.29, 0.717) is 5.25 Å². The summed E-state index contributed by atoms with van der Waals surface area (Å²) >= 11 is 1.95. The second kappa shape index (κ2) is 8.92. The van der Waals surface area contributed by atoms with Gasteiger partial charge in [-0.1, -0.05) is 43.5 Å². The van der Waals surface area contributed by atoms with Crippen molar-refractivity contribution in [3.8, 4) is 0 Å². The fraction of sp³-hybridized carbons (Fsp3) is 0.478. The maximum atomic E-state index is 13.2. The zero-order valence-corrected chi connectivity index (χ0v) is 16.7. The van der Waals surface area contributed by atoms with Gasteiger partial charge in [-0.3, -0.25) is 4.79 Å². The van der Waals surface area contributed by atoms with Gasteiger partial charge in [0.25, 0.3) is 5.91 Å². The number of thioether (sulfide) groups is 1. The molecule has 4 heteroatoms. The smallest absolute Gasteiger partial charge is 0.254 e. The van der Waals surface area contributed by atoms with Gasteiger partial charge < -0.3 is 4.90 Å². The van der Waals surface area contributed by atoms with Crippen LogP contribution in [-0.4, -0.2) is 27.6 Å². The summed E-state index contributed by atoms with van der Waals surface area (Å²) in [5.74, 6) is 0.151. The van der Waals surface area contributed by atoms with E-state index in [0.717, 1.165) is 30.0 Å². The van der Waals surface area contributed by atoms with E-state index in [1.54, 1.807) is 0 Å². The molecule has 1 saturated carbocycles. The third kappa shape index (κ3) is 4.37. The quantitative estimate of drug-likeness (QED) is 0.665. The molecule has 1 aromatic carbocycles. The highest BCUT2D eigenvalue weighted by Crippen LogP contribution is 2.40. The molecule has 2 fully saturated rings. The number of hydrogen-bond acceptors (Lipinski definition) is 3. The highest BCUT2D eigenvalue weighted by atomic mass is 32.2. The molecule has 1 aromatic heterocycles. The monoisotopic (exact) mass is 380 g/mol. The SMILES string of the molecule is O=C(c1ccccc1)N1CCCC[C@H]1c1cccnc1SC1CCCCC1. The zero-order valence-electron chi connectivity index (χ0n) is 15.8. The maximum Gasteiger partial charge on any atom is 0.254 e. The Morgan fingerprint density at radius 3 is 2.52 bits per heavy atom. The Morgan fingerprint density at radius 1 is 0.926 bits per heavy atom. The van der Waals surface area contributed by atoms with Crippen molar-refractivity contribution in [2.45, 2.75) is 67.7 Å². The first-order chi connectivity index (χ1) is 13.3. The summed E-state index contributed by atoms with van der Waals surface area (Å²) < 4.78 is 0. The Hall–Kier alpha value is -1.81. The van der Waals surface area contributed by atoms with Gasteiger partial charge in [0.1, 0.15) is 5.03 Å². The van der Waals surface area contributed by atoms with Crippen LogP contribution in [0.2, 0.25) is 0 Å². The number of amides is 1. The number of aromatic nitrogens is 1. The number of rotatable bonds is 4. The molecule has 2 heterocycles. The van der Waals surface area contributed by atoms with Crippen molar-refractivity contribution in [1.82, 2.24) is 9.88 Å². The molecule has 1 atom stereocenters. The van der Waals surface area contributed by atoms with E-state index in [4.69, 9.17) is 4.98 Å². The molecule has 1 aliphatic carbocycles. The molecule has 2 aromatic rings. The number of hydrogen-bond donors (Lipinski definition) is 0. The molecular weight excluding hydrogens is 352 g/mol. The summed E-state index contributed by atoms with van der Waals surface area (Å²) in [4.78, 5) is 20.0. The normalized spacial score (nSPS) is 21.2. The standard InChI is InChI=1S/C23H28N2OS/c26-23(18-10-3-1-4-11-18)25-17-8-7-15-21(25)20-14-9-16-24-22(20)27-19-12-5-2-6-13-19/h1,3-4,9-11,14,16,19,21H,2,5-8,12-13,15,17H2/t21-/m0/s1. The van der Waals surface area contributed by atoms with E-state index in [2.05, 4.69) is 11.0 Å². The van der Waals surface area contributed by atoms with Crippen LogP contribution in [0.3, 0.4) is 0 Å². The number of nitrogens with zero attached hydrogens (tertiary/aromatic N) is 2. The van der Waals surface area contributed by atoms with Crippen LogP contribution in [-0.2, 0) is 0 Å². The van der Waals surface area contributed by atoms with Gasteiger partial charge in [-0.05, 0) is 50.3 Å². The molecule has 1 saturated heterocycles. The third-order valence-corrected chi connectivity index (χ3v) is 7.14. The van der Waals surface area contributed by atoms with E-state index in [1.165, 1.54) is 44.1 Å². The Bertz CT molecular complexity index is 758. The number of carbonyl (C=O) groups is 1. The number of pyridine rings is 1. The first-order valence-electron chi connectivity index (χ1n) is 10.3. The highest BCUT2D eigenvalue weighted by molar-refractivity contribution is 7.99. The van der Waals surface area contributed by atoms with Crippen molar-refractivity contribution < 1.29 is 4.79 Å². The summed E-state index contributed by atoms with van der Waals surface area (Å²) in [5.41, 5.74) is 2.03. The van der Waals surface area contributed by atoms with Crippen LogP contribution < -0.4 is 0 Å². The molecule has 0 spiro atoms. The molecule has 4 rings (SSSR count). The van der Waals surface area contributed by atoms with E-state index in [1.807, 2.05) is 54.4 Å². The third-order valence-electron chi connectivity index (χ3n) is 5.77. The van der Waals surface area contributed by atoms with Crippen LogP contribution in [0.25, 0.3) is 0 Å². The van der Waals surface area contributed by atoms with Gasteiger partial charge in [-0.25, -0.2) is 4.98 Å². The van der Waals surface area contributed by atoms with Gasteiger partial charge in [0.15, 0.2) is 0 Å². The fourth-order valence-corrected chi connectivity index (χ4v) is 5.69. The summed E-state index contributed by atoms with van der Waals surface area (Å²) in [6.07, 6.45) is 11.8. The molecule has 0 bridgehead atoms. The van der Waals surface area contributed by atoms with Crippen LogP contribution in [0, 0.1) is 0 Å². The van der Waals surface area contributed by atoms with Crippen LogP contribution in [0.5, 0.6) is 0 Å². The molecule has 1 aliphatic heterocycles. The summed E-state index contributed by atoms with van der Waals surface area (Å²) in [5, 5.41) is 1.82. The number of likely N-dealkylation sites (tertiary alicyclic amines) is 1. The predicted molar refractivity (Wildman–Crippen MR) is 111 cm³/mol. The lowest BCUT2D eigenvalue weighted by atomic mass is 9.95. The Labute approximate surface area is 166 Å². The highest BCUT2D eigenvalue weighted by Gasteiger charge is 2.31. The van der Waals surface area contributed by atoms with Crippen molar-refractivity contribution in [3.05, 3.63) is 59.8 Å². The van der Waals surface area contributed by atoms with Crippen molar-refractivity contribution in [3.63, 3.8) is 0 Å². The number of benzene rings is 1. The molecule has 0 N–H and O–H groups in total. The largest absolute Gasteiger partial charge is 0.332 e. The summed E-state index contributed by atoms with van der Waals surface area (Å²) in [7, 11) is 0. The van der Waals surface area contributed by atoms with Gasteiger partial charge in [-0.2, -0.15) is 0 Å². The molecule has 2 aliphatic rings. The van der Waals surface area contributed by atoms with Gasteiger partial charge >= 0.3 is 0 Å². The Morgan fingerprint density at radius 2 is 1.70 bits per heavy atom. The molecule has 1 amide bonds. The average Bonchev–Trinajstić information content (AvgIpc) is 2.75. The van der Waals surface area contributed by atoms with Crippen molar-refractivity contribution in [1.29, 1.82) is 0 Å². The maximum absolute atomic E-state index is 13.2. The minimum atomic E-state index is 0.145. The Kier molecular flexibility index (Phi) is 6.13. The van der Waals surface area contributed by atoms with Gasteiger partial charge in [0, 0.05) is 29.1 Å². The summed E-state index contributed by atoms with van der Waals surface area (Å²) in [6.45, 7) is 0.834. The van der Waals surface area contributed by atoms with Gasteiger partial charge in [0.2, 0.25) is 0 Å². The minimum absolute atomic E-state index is 0.145. The predicted octanol–water partition coefficient (Wildman–Crippen LogP) is 5.87. The second-order valence-corrected chi connectivity index (χ2v) is 8.94. The molecule has 0 unspecified atom stereocenters. The van der Waals surface area contributed by atoms with Crippen molar-refractivity contribution in [2.24, 2.45) is 0 Å². The topological polar surface area (TPSA) is 33.2 Å². The van der Waals surface area contributed by atoms with Crippen molar-refractivity contribution >= 4 is 17.7 Å². The molecule has 142 valence electrons. The summed E-state index contributed by atoms with van der Waals surface area (Å²) in [6, 6.07) is 14.1. The first-order valence-corrected chi connectivity index (χ1v) is 11.2. The van der Waals surface area contributed by atoms with E-state index >= 15 is 0 Å². The lowest BCUT2D eigenvalue weighted by Gasteiger charge is -2.37. The second-order valence-electron chi connectivity index (χ2n) is 7.65. The van der Waals surface area contributed by atoms with Crippen LogP contribution in [0.1, 0.15) is 73.3 Å². The van der Waals surface area contributed by atoms with E-state index in [9.17, 15) is 4.79 Å². The van der Waals surface area contributed by atoms with Gasteiger partial charge in [0.05, 0.1) is 6.04 Å². The van der Waals surface area contributed by atoms with Crippen LogP contribution in [0.4, 0.5) is 0 Å². The molecule has 0 radical (unpaired) electrons. The lowest BCUT2D eigenvalue weighted by Crippen LogP contribution is -2.38. The molecular formula is C23H28N2OS. The van der Waals surface area contributed by atoms with Crippen LogP contribution in [0.15, 0.2) is 53.7 Å². The van der Waals surface area contributed by atoms with Crippen molar-refractivity contribution in [2.75, 3.05) is 6.54 Å². The fourth-order valence-electron chi connectivity index (χ4n) is 4.34. The first kappa shape index (κ1) is 18.5. The molecule has 27 heavy (non-hydrogen) atoms. The Balaban J connectivity index is 1.59. The zero-order chi connectivity index (χ0) is 18.5. The number of carbonyl (C=O) groups excluding carboxylic acids is 1. The van der Waals surface area contributed by atoms with Crippen LogP contribution >= 0.6 is 11.8 Å². The minimum Gasteiger partial charge on any atom is -0.332 e. The van der Waals surface area contributed by atoms with E-state index < -0.39 is 0 Å². The van der Waals surface area contributed by atoms with E-state index in [-0.39, 0.29) is 11.9 Å². The average molecular weight is 381 g/mol. The lowest BCUT2D eigenvalue weighted by molar-refractivity contribution is 0.0607. The van der Waals surface area contributed by atoms with Gasteiger partial charge in [-0.15, -0.1) is 11.8 Å². The molecule has 3 nitrogen and oxygen atoms in total. The number of piperidine rings is 1.